The van der Waals surface area contributed by atoms with Crippen molar-refractivity contribution >= 4 is 5.69 Å². The van der Waals surface area contributed by atoms with Gasteiger partial charge in [-0.25, -0.2) is 4.39 Å². The van der Waals surface area contributed by atoms with Crippen molar-refractivity contribution in [3.8, 4) is 11.4 Å². The Morgan fingerprint density at radius 2 is 2.27 bits per heavy atom. The van der Waals surface area contributed by atoms with E-state index in [1.165, 1.54) is 6.07 Å². The van der Waals surface area contributed by atoms with Gasteiger partial charge in [0.25, 0.3) is 0 Å². The SMILES string of the molecule is CCn1cc(N)c(-c2ccc(F)cn2)n1. The minimum atomic E-state index is -0.368. The number of nitrogens with two attached hydrogens (primary N) is 1. The average molecular weight is 206 g/mol. The minimum absolute atomic E-state index is 0.368. The van der Waals surface area contributed by atoms with Gasteiger partial charge in [-0.3, -0.25) is 9.67 Å². The van der Waals surface area contributed by atoms with E-state index in [1.54, 1.807) is 16.9 Å². The second-order valence-electron chi connectivity index (χ2n) is 3.15. The van der Waals surface area contributed by atoms with Crippen LogP contribution in [0.15, 0.2) is 24.5 Å². The molecule has 0 bridgehead atoms. The number of hydrogen-bond donors (Lipinski definition) is 1. The number of nitrogens with zero attached hydrogens (tertiary/aromatic N) is 3. The molecule has 0 saturated carbocycles. The lowest BCUT2D eigenvalue weighted by atomic mass is 10.2. The summed E-state index contributed by atoms with van der Waals surface area (Å²) in [6.45, 7) is 2.71. The lowest BCUT2D eigenvalue weighted by Gasteiger charge is -1.96. The molecule has 4 nitrogen and oxygen atoms in total. The maximum atomic E-state index is 12.7. The number of rotatable bonds is 2. The van der Waals surface area contributed by atoms with Crippen molar-refractivity contribution in [1.82, 2.24) is 14.8 Å². The second kappa shape index (κ2) is 3.68. The van der Waals surface area contributed by atoms with Crippen LogP contribution in [0, 0.1) is 5.82 Å². The Hall–Kier alpha value is -1.91. The van der Waals surface area contributed by atoms with Gasteiger partial charge in [-0.2, -0.15) is 5.10 Å². The molecule has 0 saturated heterocycles. The fourth-order valence-electron chi connectivity index (χ4n) is 1.31. The minimum Gasteiger partial charge on any atom is -0.396 e. The van der Waals surface area contributed by atoms with Crippen LogP contribution < -0.4 is 5.73 Å². The molecule has 0 amide bonds. The van der Waals surface area contributed by atoms with E-state index < -0.39 is 0 Å². The third kappa shape index (κ3) is 1.81. The Morgan fingerprint density at radius 3 is 2.80 bits per heavy atom. The fraction of sp³-hybridized carbons (Fsp3) is 0.200. The van der Waals surface area contributed by atoms with Gasteiger partial charge in [0.1, 0.15) is 11.5 Å². The van der Waals surface area contributed by atoms with E-state index in [1.807, 2.05) is 6.92 Å². The van der Waals surface area contributed by atoms with Crippen LogP contribution in [0.4, 0.5) is 10.1 Å². The van der Waals surface area contributed by atoms with Crippen molar-refractivity contribution in [1.29, 1.82) is 0 Å². The van der Waals surface area contributed by atoms with Gasteiger partial charge in [-0.05, 0) is 19.1 Å². The zero-order valence-electron chi connectivity index (χ0n) is 8.31. The molecule has 0 radical (unpaired) electrons. The van der Waals surface area contributed by atoms with Gasteiger partial charge in [0.2, 0.25) is 0 Å². The van der Waals surface area contributed by atoms with Crippen LogP contribution in [-0.4, -0.2) is 14.8 Å². The van der Waals surface area contributed by atoms with Gasteiger partial charge in [-0.15, -0.1) is 0 Å². The van der Waals surface area contributed by atoms with Crippen LogP contribution >= 0.6 is 0 Å². The normalized spacial score (nSPS) is 10.5. The number of aryl methyl sites for hydroxylation is 1. The van der Waals surface area contributed by atoms with Gasteiger partial charge in [-0.1, -0.05) is 0 Å². The quantitative estimate of drug-likeness (QED) is 0.813. The van der Waals surface area contributed by atoms with Crippen LogP contribution in [0.2, 0.25) is 0 Å². The fourth-order valence-corrected chi connectivity index (χ4v) is 1.31. The summed E-state index contributed by atoms with van der Waals surface area (Å²) in [6, 6.07) is 2.90. The number of halogens is 1. The lowest BCUT2D eigenvalue weighted by molar-refractivity contribution is 0.621. The molecule has 0 aromatic carbocycles. The highest BCUT2D eigenvalue weighted by atomic mass is 19.1. The first-order chi connectivity index (χ1) is 7.20. The lowest BCUT2D eigenvalue weighted by Crippen LogP contribution is -1.94. The van der Waals surface area contributed by atoms with Crippen LogP contribution in [0.5, 0.6) is 0 Å². The van der Waals surface area contributed by atoms with E-state index in [0.717, 1.165) is 12.7 Å². The highest BCUT2D eigenvalue weighted by Gasteiger charge is 2.08. The van der Waals surface area contributed by atoms with E-state index in [9.17, 15) is 4.39 Å². The largest absolute Gasteiger partial charge is 0.396 e. The van der Waals surface area contributed by atoms with Gasteiger partial charge in [0.15, 0.2) is 0 Å². The molecule has 0 aliphatic heterocycles. The van der Waals surface area contributed by atoms with E-state index in [2.05, 4.69) is 10.1 Å². The molecule has 5 heteroatoms. The molecule has 0 atom stereocenters. The molecule has 2 rings (SSSR count). The smallest absolute Gasteiger partial charge is 0.141 e. The second-order valence-corrected chi connectivity index (χ2v) is 3.15. The summed E-state index contributed by atoms with van der Waals surface area (Å²) in [6.07, 6.45) is 2.89. The Labute approximate surface area is 86.6 Å². The van der Waals surface area contributed by atoms with E-state index in [4.69, 9.17) is 5.73 Å². The molecule has 0 aliphatic rings. The van der Waals surface area contributed by atoms with Crippen molar-refractivity contribution < 1.29 is 4.39 Å². The third-order valence-corrected chi connectivity index (χ3v) is 2.08. The van der Waals surface area contributed by atoms with Crippen molar-refractivity contribution in [2.45, 2.75) is 13.5 Å². The zero-order valence-corrected chi connectivity index (χ0v) is 8.31. The Morgan fingerprint density at radius 1 is 1.47 bits per heavy atom. The van der Waals surface area contributed by atoms with Crippen molar-refractivity contribution in [3.05, 3.63) is 30.3 Å². The Kier molecular flexibility index (Phi) is 2.37. The van der Waals surface area contributed by atoms with Crippen LogP contribution in [0.25, 0.3) is 11.4 Å². The van der Waals surface area contributed by atoms with Crippen LogP contribution in [-0.2, 0) is 6.54 Å². The summed E-state index contributed by atoms with van der Waals surface area (Å²) in [7, 11) is 0. The maximum Gasteiger partial charge on any atom is 0.141 e. The predicted molar refractivity (Wildman–Crippen MR) is 55.5 cm³/mol. The topological polar surface area (TPSA) is 56.7 Å². The molecule has 15 heavy (non-hydrogen) atoms. The average Bonchev–Trinajstić information content (AvgIpc) is 2.61. The Balaban J connectivity index is 2.44. The summed E-state index contributed by atoms with van der Waals surface area (Å²) in [5.41, 5.74) is 7.50. The van der Waals surface area contributed by atoms with Gasteiger partial charge in [0, 0.05) is 12.7 Å². The molecule has 0 spiro atoms. The summed E-state index contributed by atoms with van der Waals surface area (Å²) in [5, 5.41) is 4.23. The zero-order chi connectivity index (χ0) is 10.8. The number of nitrogen functional groups attached to an aromatic ring is 1. The number of hydrogen-bond acceptors (Lipinski definition) is 3. The first-order valence-corrected chi connectivity index (χ1v) is 4.65. The molecule has 0 fully saturated rings. The van der Waals surface area contributed by atoms with Crippen molar-refractivity contribution in [3.63, 3.8) is 0 Å². The summed E-state index contributed by atoms with van der Waals surface area (Å²) in [5.74, 6) is -0.368. The molecule has 2 heterocycles. The molecule has 0 aliphatic carbocycles. The highest BCUT2D eigenvalue weighted by Crippen LogP contribution is 2.21. The molecule has 2 aromatic rings. The molecular weight excluding hydrogens is 195 g/mol. The molecular formula is C10H11FN4. The third-order valence-electron chi connectivity index (χ3n) is 2.08. The number of anilines is 1. The van der Waals surface area contributed by atoms with Gasteiger partial charge in [0.05, 0.1) is 17.6 Å². The summed E-state index contributed by atoms with van der Waals surface area (Å²) in [4.78, 5) is 3.93. The first-order valence-electron chi connectivity index (χ1n) is 4.65. The first kappa shape index (κ1) is 9.64. The van der Waals surface area contributed by atoms with Crippen LogP contribution in [0.3, 0.4) is 0 Å². The molecule has 2 N–H and O–H groups in total. The van der Waals surface area contributed by atoms with Crippen molar-refractivity contribution in [2.24, 2.45) is 0 Å². The van der Waals surface area contributed by atoms with E-state index in [0.29, 0.717) is 17.1 Å². The van der Waals surface area contributed by atoms with Gasteiger partial charge < -0.3 is 5.73 Å². The predicted octanol–water partition coefficient (Wildman–Crippen LogP) is 1.69. The summed E-state index contributed by atoms with van der Waals surface area (Å²) < 4.78 is 14.4. The highest BCUT2D eigenvalue weighted by molar-refractivity contribution is 5.68. The van der Waals surface area contributed by atoms with E-state index in [-0.39, 0.29) is 5.82 Å². The van der Waals surface area contributed by atoms with E-state index >= 15 is 0 Å². The molecule has 78 valence electrons. The monoisotopic (exact) mass is 206 g/mol. The summed E-state index contributed by atoms with van der Waals surface area (Å²) >= 11 is 0. The Bertz CT molecular complexity index is 461. The standard InChI is InChI=1S/C10H11FN4/c1-2-15-6-8(12)10(14-15)9-4-3-7(11)5-13-9/h3-6H,2,12H2,1H3. The molecule has 2 aromatic heterocycles. The molecule has 0 unspecified atom stereocenters. The number of pyridine rings is 1. The van der Waals surface area contributed by atoms with Crippen LogP contribution in [0.1, 0.15) is 6.92 Å². The van der Waals surface area contributed by atoms with Gasteiger partial charge >= 0.3 is 0 Å². The van der Waals surface area contributed by atoms with Crippen molar-refractivity contribution in [2.75, 3.05) is 5.73 Å². The maximum absolute atomic E-state index is 12.7. The number of aromatic nitrogens is 3.